The molecule has 34 heavy (non-hydrogen) atoms. The zero-order chi connectivity index (χ0) is 24.8. The van der Waals surface area contributed by atoms with E-state index < -0.39 is 24.1 Å². The normalized spacial score (nSPS) is 17.1. The van der Waals surface area contributed by atoms with Crippen molar-refractivity contribution in [2.75, 3.05) is 5.32 Å². The summed E-state index contributed by atoms with van der Waals surface area (Å²) >= 11 is 0. The molecular weight excluding hydrogens is 441 g/mol. The Morgan fingerprint density at radius 2 is 2.03 bits per heavy atom. The van der Waals surface area contributed by atoms with Crippen LogP contribution in [-0.2, 0) is 9.59 Å². The lowest BCUT2D eigenvalue weighted by atomic mass is 9.98. The van der Waals surface area contributed by atoms with Gasteiger partial charge >= 0.3 is 0 Å². The van der Waals surface area contributed by atoms with E-state index in [4.69, 9.17) is 9.90 Å². The molecule has 3 N–H and O–H groups in total. The molecule has 0 bridgehead atoms. The van der Waals surface area contributed by atoms with E-state index in [1.807, 2.05) is 26.0 Å². The van der Waals surface area contributed by atoms with Crippen molar-refractivity contribution in [3.63, 3.8) is 0 Å². The molecule has 3 aromatic rings. The van der Waals surface area contributed by atoms with Crippen LogP contribution in [0, 0.1) is 24.2 Å². The lowest BCUT2D eigenvalue weighted by molar-refractivity contribution is -0.123. The van der Waals surface area contributed by atoms with Gasteiger partial charge in [0.2, 0.25) is 5.91 Å². The van der Waals surface area contributed by atoms with Gasteiger partial charge in [-0.05, 0) is 37.5 Å². The van der Waals surface area contributed by atoms with Crippen molar-refractivity contribution < 1.29 is 24.2 Å². The van der Waals surface area contributed by atoms with Crippen molar-refractivity contribution in [3.8, 4) is 17.2 Å². The van der Waals surface area contributed by atoms with Crippen LogP contribution in [0.25, 0.3) is 22.0 Å². The number of halogens is 1. The third-order valence-electron chi connectivity index (χ3n) is 5.43. The summed E-state index contributed by atoms with van der Waals surface area (Å²) < 4.78 is 13.1. The predicted octanol–water partition coefficient (Wildman–Crippen LogP) is 3.70. The topological polar surface area (TPSA) is 149 Å². The molecule has 0 spiro atoms. The summed E-state index contributed by atoms with van der Waals surface area (Å²) in [6.45, 7) is 3.65. The number of nitriles is 1. The fraction of sp³-hybridized carbons (Fsp3) is 0.333. The molecule has 3 heterocycles. The number of carboxylic acid groups (broad SMARTS) is 1. The van der Waals surface area contributed by atoms with Crippen molar-refractivity contribution in [1.29, 1.82) is 5.26 Å². The number of carbonyl (C=O) groups is 2. The summed E-state index contributed by atoms with van der Waals surface area (Å²) in [5, 5.41) is 30.1. The average molecular weight is 465 g/mol. The van der Waals surface area contributed by atoms with E-state index in [2.05, 4.69) is 26.3 Å². The summed E-state index contributed by atoms with van der Waals surface area (Å²) in [6, 6.07) is 7.33. The number of pyridine rings is 3. The molecule has 0 radical (unpaired) electrons. The number of aromatic nitrogens is 3. The molecule has 0 aliphatic heterocycles. The summed E-state index contributed by atoms with van der Waals surface area (Å²) in [7, 11) is 0. The summed E-state index contributed by atoms with van der Waals surface area (Å²) in [5.74, 6) is -0.742. The SMILES string of the molecule is CCC[C@@H](O)c1cc(C)c(-c2cc3cnc(NC(=O)[C@@H]4C[C@@H]4F)cc3nc2C#N)cn1.O=CO. The Morgan fingerprint density at radius 3 is 2.62 bits per heavy atom. The van der Waals surface area contributed by atoms with Crippen LogP contribution in [0.1, 0.15) is 49.2 Å². The summed E-state index contributed by atoms with van der Waals surface area (Å²) in [5.41, 5.74) is 3.56. The minimum atomic E-state index is -1.09. The van der Waals surface area contributed by atoms with Crippen LogP contribution in [0.3, 0.4) is 0 Å². The molecule has 0 unspecified atom stereocenters. The number of aliphatic hydroxyl groups excluding tert-OH is 1. The minimum absolute atomic E-state index is 0.216. The van der Waals surface area contributed by atoms with Gasteiger partial charge in [-0.15, -0.1) is 0 Å². The number of hydrogen-bond donors (Lipinski definition) is 3. The van der Waals surface area contributed by atoms with Gasteiger partial charge in [0.15, 0.2) is 0 Å². The van der Waals surface area contributed by atoms with Crippen LogP contribution >= 0.6 is 0 Å². The average Bonchev–Trinajstić information content (AvgIpc) is 3.55. The zero-order valence-corrected chi connectivity index (χ0v) is 18.7. The summed E-state index contributed by atoms with van der Waals surface area (Å²) in [4.78, 5) is 33.4. The van der Waals surface area contributed by atoms with Crippen molar-refractivity contribution in [1.82, 2.24) is 15.0 Å². The number of anilines is 1. The van der Waals surface area contributed by atoms with Gasteiger partial charge in [-0.3, -0.25) is 14.6 Å². The lowest BCUT2D eigenvalue weighted by Gasteiger charge is -2.13. The number of hydrogen-bond acceptors (Lipinski definition) is 7. The largest absolute Gasteiger partial charge is 0.483 e. The Labute approximate surface area is 195 Å². The van der Waals surface area contributed by atoms with Gasteiger partial charge in [0.25, 0.3) is 6.47 Å². The Hall–Kier alpha value is -3.97. The number of aryl methyl sites for hydroxylation is 1. The molecule has 4 rings (SSSR count). The first-order valence-corrected chi connectivity index (χ1v) is 10.7. The molecule has 3 aromatic heterocycles. The third kappa shape index (κ3) is 5.50. The summed E-state index contributed by atoms with van der Waals surface area (Å²) in [6.07, 6.45) is 3.22. The highest BCUT2D eigenvalue weighted by Gasteiger charge is 2.43. The maximum atomic E-state index is 13.1. The molecule has 10 heteroatoms. The molecule has 0 aromatic carbocycles. The zero-order valence-electron chi connectivity index (χ0n) is 18.7. The number of fused-ring (bicyclic) bond motifs is 1. The van der Waals surface area contributed by atoms with E-state index in [1.54, 1.807) is 18.5 Å². The Balaban J connectivity index is 0.00000103. The fourth-order valence-electron chi connectivity index (χ4n) is 3.54. The van der Waals surface area contributed by atoms with E-state index in [-0.39, 0.29) is 24.4 Å². The second kappa shape index (κ2) is 10.8. The van der Waals surface area contributed by atoms with Gasteiger partial charge in [0.1, 0.15) is 23.8 Å². The molecule has 0 saturated heterocycles. The number of rotatable bonds is 6. The number of aliphatic hydroxyl groups is 1. The van der Waals surface area contributed by atoms with E-state index in [0.29, 0.717) is 28.6 Å². The monoisotopic (exact) mass is 465 g/mol. The first kappa shape index (κ1) is 24.7. The van der Waals surface area contributed by atoms with E-state index in [0.717, 1.165) is 17.5 Å². The molecule has 1 aliphatic rings. The van der Waals surface area contributed by atoms with Gasteiger partial charge < -0.3 is 15.5 Å². The van der Waals surface area contributed by atoms with Crippen molar-refractivity contribution in [2.24, 2.45) is 5.92 Å². The Morgan fingerprint density at radius 1 is 1.32 bits per heavy atom. The predicted molar refractivity (Wildman–Crippen MR) is 122 cm³/mol. The van der Waals surface area contributed by atoms with Crippen LogP contribution in [0.15, 0.2) is 30.6 Å². The number of alkyl halides is 1. The molecule has 1 saturated carbocycles. The van der Waals surface area contributed by atoms with Gasteiger partial charge in [-0.2, -0.15) is 5.26 Å². The maximum absolute atomic E-state index is 13.1. The fourth-order valence-corrected chi connectivity index (χ4v) is 3.54. The highest BCUT2D eigenvalue weighted by atomic mass is 19.1. The Kier molecular flexibility index (Phi) is 7.81. The number of nitrogens with one attached hydrogen (secondary N) is 1. The quantitative estimate of drug-likeness (QED) is 0.467. The standard InChI is InChI=1S/C23H22FN5O2.CH2O2/c1-3-4-21(30)19-5-12(2)16(11-26-19)14-6-13-10-27-22(8-18(13)28-20(14)9-25)29-23(31)15-7-17(15)24;2-1-3/h5-6,8,10-11,15,17,21,30H,3-4,7H2,1-2H3,(H,27,29,31);1H,(H,2,3)/t15-,17+,21-;/m1./s1. The van der Waals surface area contributed by atoms with Crippen LogP contribution < -0.4 is 5.32 Å². The lowest BCUT2D eigenvalue weighted by Crippen LogP contribution is -2.15. The molecule has 1 aliphatic carbocycles. The molecule has 1 amide bonds. The second-order valence-corrected chi connectivity index (χ2v) is 7.94. The van der Waals surface area contributed by atoms with Gasteiger partial charge in [-0.25, -0.2) is 14.4 Å². The number of nitrogens with zero attached hydrogens (tertiary/aromatic N) is 4. The molecular formula is C24H24FN5O4. The first-order valence-electron chi connectivity index (χ1n) is 10.7. The number of amides is 1. The Bertz CT molecular complexity index is 1260. The van der Waals surface area contributed by atoms with Crippen LogP contribution in [-0.4, -0.2) is 43.7 Å². The first-order chi connectivity index (χ1) is 16.3. The van der Waals surface area contributed by atoms with E-state index >= 15 is 0 Å². The molecule has 9 nitrogen and oxygen atoms in total. The number of carbonyl (C=O) groups excluding carboxylic acids is 1. The van der Waals surface area contributed by atoms with E-state index in [1.165, 1.54) is 0 Å². The van der Waals surface area contributed by atoms with Gasteiger partial charge in [0.05, 0.1) is 23.2 Å². The molecule has 176 valence electrons. The smallest absolute Gasteiger partial charge is 0.290 e. The van der Waals surface area contributed by atoms with Gasteiger partial charge in [0, 0.05) is 35.0 Å². The van der Waals surface area contributed by atoms with E-state index in [9.17, 15) is 19.6 Å². The van der Waals surface area contributed by atoms with Crippen LogP contribution in [0.5, 0.6) is 0 Å². The molecule has 3 atom stereocenters. The van der Waals surface area contributed by atoms with Crippen LogP contribution in [0.4, 0.5) is 10.2 Å². The molecule has 1 fully saturated rings. The van der Waals surface area contributed by atoms with Crippen molar-refractivity contribution in [3.05, 3.63) is 47.5 Å². The van der Waals surface area contributed by atoms with Crippen LogP contribution in [0.2, 0.25) is 0 Å². The highest BCUT2D eigenvalue weighted by molar-refractivity contribution is 5.96. The van der Waals surface area contributed by atoms with Crippen molar-refractivity contribution >= 4 is 29.1 Å². The highest BCUT2D eigenvalue weighted by Crippen LogP contribution is 2.35. The third-order valence-corrected chi connectivity index (χ3v) is 5.43. The van der Waals surface area contributed by atoms with Gasteiger partial charge in [-0.1, -0.05) is 13.3 Å². The van der Waals surface area contributed by atoms with Crippen molar-refractivity contribution in [2.45, 2.75) is 45.4 Å². The second-order valence-electron chi connectivity index (χ2n) is 7.94. The minimum Gasteiger partial charge on any atom is -0.483 e. The maximum Gasteiger partial charge on any atom is 0.290 e.